The van der Waals surface area contributed by atoms with Crippen LogP contribution in [0.1, 0.15) is 12.0 Å². The highest BCUT2D eigenvalue weighted by Gasteiger charge is 2.57. The van der Waals surface area contributed by atoms with E-state index >= 15 is 0 Å². The normalized spacial score (nSPS) is 28.5. The van der Waals surface area contributed by atoms with Crippen LogP contribution in [0.4, 0.5) is 4.39 Å². The van der Waals surface area contributed by atoms with Crippen molar-refractivity contribution in [3.63, 3.8) is 0 Å². The monoisotopic (exact) mass is 209 g/mol. The van der Waals surface area contributed by atoms with Gasteiger partial charge in [0.25, 0.3) is 0 Å². The summed E-state index contributed by atoms with van der Waals surface area (Å²) in [5.74, 6) is -0.532. The summed E-state index contributed by atoms with van der Waals surface area (Å²) < 4.78 is 14.1. The minimum atomic E-state index is -1.45. The van der Waals surface area contributed by atoms with E-state index in [1.54, 1.807) is 24.3 Å². The molecule has 1 fully saturated rings. The van der Waals surface area contributed by atoms with Crippen molar-refractivity contribution < 1.29 is 14.3 Å². The van der Waals surface area contributed by atoms with Crippen LogP contribution in [0.3, 0.4) is 0 Å². The van der Waals surface area contributed by atoms with Crippen LogP contribution in [0.25, 0.3) is 0 Å². The number of hydrogen-bond donors (Lipinski definition) is 2. The molecule has 0 aliphatic heterocycles. The SMILES string of the molecule is O=C(CO)N[C@@H]1C[C@]1(F)c1ccccc1. The summed E-state index contributed by atoms with van der Waals surface area (Å²) in [4.78, 5) is 10.9. The smallest absolute Gasteiger partial charge is 0.246 e. The van der Waals surface area contributed by atoms with E-state index in [0.717, 1.165) is 0 Å². The first-order valence-electron chi connectivity index (χ1n) is 4.81. The number of nitrogens with one attached hydrogen (secondary N) is 1. The summed E-state index contributed by atoms with van der Waals surface area (Å²) in [6, 6.07) is 8.24. The van der Waals surface area contributed by atoms with Crippen molar-refractivity contribution in [1.29, 1.82) is 0 Å². The van der Waals surface area contributed by atoms with Crippen LogP contribution in [0.5, 0.6) is 0 Å². The average Bonchev–Trinajstić information content (AvgIpc) is 2.92. The number of halogens is 1. The Bertz CT molecular complexity index is 368. The van der Waals surface area contributed by atoms with Gasteiger partial charge in [-0.05, 0) is 5.56 Å². The van der Waals surface area contributed by atoms with Crippen molar-refractivity contribution in [1.82, 2.24) is 5.32 Å². The molecule has 0 unspecified atom stereocenters. The number of amides is 1. The zero-order valence-corrected chi connectivity index (χ0v) is 8.11. The van der Waals surface area contributed by atoms with E-state index in [2.05, 4.69) is 5.32 Å². The molecule has 15 heavy (non-hydrogen) atoms. The molecule has 80 valence electrons. The highest BCUT2D eigenvalue weighted by Crippen LogP contribution is 2.49. The summed E-state index contributed by atoms with van der Waals surface area (Å²) in [6.45, 7) is -0.596. The Morgan fingerprint density at radius 1 is 1.53 bits per heavy atom. The van der Waals surface area contributed by atoms with Crippen molar-refractivity contribution >= 4 is 5.91 Å². The van der Waals surface area contributed by atoms with Crippen molar-refractivity contribution in [3.8, 4) is 0 Å². The lowest BCUT2D eigenvalue weighted by Crippen LogP contribution is -2.31. The number of benzene rings is 1. The zero-order valence-electron chi connectivity index (χ0n) is 8.11. The van der Waals surface area contributed by atoms with Crippen LogP contribution in [0, 0.1) is 0 Å². The Kier molecular flexibility index (Phi) is 2.44. The lowest BCUT2D eigenvalue weighted by Gasteiger charge is -2.08. The Morgan fingerprint density at radius 2 is 2.20 bits per heavy atom. The van der Waals surface area contributed by atoms with Gasteiger partial charge in [0.2, 0.25) is 5.91 Å². The molecular formula is C11H12FNO2. The molecule has 0 radical (unpaired) electrons. The predicted molar refractivity (Wildman–Crippen MR) is 52.9 cm³/mol. The Morgan fingerprint density at radius 3 is 2.80 bits per heavy atom. The maximum absolute atomic E-state index is 14.1. The van der Waals surface area contributed by atoms with Crippen molar-refractivity contribution in [3.05, 3.63) is 35.9 Å². The van der Waals surface area contributed by atoms with Gasteiger partial charge in [-0.15, -0.1) is 0 Å². The third-order valence-corrected chi connectivity index (χ3v) is 2.63. The van der Waals surface area contributed by atoms with Gasteiger partial charge in [0, 0.05) is 6.42 Å². The molecule has 0 bridgehead atoms. The fourth-order valence-electron chi connectivity index (χ4n) is 1.68. The number of carbonyl (C=O) groups is 1. The molecule has 1 saturated carbocycles. The Labute approximate surface area is 86.9 Å². The second-order valence-corrected chi connectivity index (χ2v) is 3.71. The lowest BCUT2D eigenvalue weighted by atomic mass is 10.1. The summed E-state index contributed by atoms with van der Waals surface area (Å²) in [6.07, 6.45) is 0.281. The van der Waals surface area contributed by atoms with Crippen LogP contribution in [-0.2, 0) is 10.5 Å². The van der Waals surface area contributed by atoms with E-state index in [1.807, 2.05) is 6.07 Å². The van der Waals surface area contributed by atoms with E-state index in [1.165, 1.54) is 0 Å². The van der Waals surface area contributed by atoms with E-state index in [9.17, 15) is 9.18 Å². The molecule has 2 N–H and O–H groups in total. The van der Waals surface area contributed by atoms with Crippen LogP contribution < -0.4 is 5.32 Å². The molecule has 0 heterocycles. The fraction of sp³-hybridized carbons (Fsp3) is 0.364. The Hall–Kier alpha value is -1.42. The zero-order chi connectivity index (χ0) is 10.9. The van der Waals surface area contributed by atoms with Crippen molar-refractivity contribution in [2.45, 2.75) is 18.1 Å². The second kappa shape index (κ2) is 3.62. The number of alkyl halides is 1. The maximum Gasteiger partial charge on any atom is 0.246 e. The first-order valence-corrected chi connectivity index (χ1v) is 4.81. The summed E-state index contributed by atoms with van der Waals surface area (Å²) in [5, 5.41) is 10.9. The molecule has 2 atom stereocenters. The molecule has 0 spiro atoms. The fourth-order valence-corrected chi connectivity index (χ4v) is 1.68. The van der Waals surface area contributed by atoms with Gasteiger partial charge in [-0.2, -0.15) is 0 Å². The molecule has 1 amide bonds. The minimum absolute atomic E-state index is 0.281. The minimum Gasteiger partial charge on any atom is -0.387 e. The number of aliphatic hydroxyl groups excluding tert-OH is 1. The van der Waals surface area contributed by atoms with Gasteiger partial charge in [0.15, 0.2) is 5.67 Å². The van der Waals surface area contributed by atoms with Gasteiger partial charge in [-0.1, -0.05) is 30.3 Å². The average molecular weight is 209 g/mol. The highest BCUT2D eigenvalue weighted by molar-refractivity contribution is 5.78. The molecule has 0 aromatic heterocycles. The van der Waals surface area contributed by atoms with Crippen LogP contribution in [0.2, 0.25) is 0 Å². The molecule has 1 aliphatic carbocycles. The van der Waals surface area contributed by atoms with Gasteiger partial charge in [-0.25, -0.2) is 4.39 Å². The number of hydrogen-bond acceptors (Lipinski definition) is 2. The molecular weight excluding hydrogens is 197 g/mol. The van der Waals surface area contributed by atoms with Crippen LogP contribution >= 0.6 is 0 Å². The van der Waals surface area contributed by atoms with Gasteiger partial charge in [0.1, 0.15) is 6.61 Å². The molecule has 1 aromatic carbocycles. The first-order chi connectivity index (χ1) is 7.16. The number of rotatable bonds is 3. The molecule has 2 rings (SSSR count). The van der Waals surface area contributed by atoms with Crippen LogP contribution in [-0.4, -0.2) is 23.7 Å². The standard InChI is InChI=1S/C11H12FNO2/c12-11(8-4-2-1-3-5-8)6-9(11)13-10(15)7-14/h1-5,9,14H,6-7H2,(H,13,15)/t9-,11+/m1/s1. The number of carbonyl (C=O) groups excluding carboxylic acids is 1. The number of aliphatic hydroxyl groups is 1. The van der Waals surface area contributed by atoms with Gasteiger partial charge >= 0.3 is 0 Å². The van der Waals surface area contributed by atoms with Crippen molar-refractivity contribution in [2.75, 3.05) is 6.61 Å². The summed E-state index contributed by atoms with van der Waals surface area (Å²) in [5.41, 5.74) is -0.875. The molecule has 3 nitrogen and oxygen atoms in total. The first kappa shape index (κ1) is 10.1. The third kappa shape index (κ3) is 1.85. The second-order valence-electron chi connectivity index (χ2n) is 3.71. The lowest BCUT2D eigenvalue weighted by molar-refractivity contribution is -0.124. The molecule has 4 heteroatoms. The quantitative estimate of drug-likeness (QED) is 0.771. The third-order valence-electron chi connectivity index (χ3n) is 2.63. The Balaban J connectivity index is 2.04. The van der Waals surface area contributed by atoms with E-state index in [4.69, 9.17) is 5.11 Å². The van der Waals surface area contributed by atoms with Crippen LogP contribution in [0.15, 0.2) is 30.3 Å². The van der Waals surface area contributed by atoms with E-state index < -0.39 is 24.2 Å². The maximum atomic E-state index is 14.1. The molecule has 0 saturated heterocycles. The topological polar surface area (TPSA) is 49.3 Å². The highest BCUT2D eigenvalue weighted by atomic mass is 19.1. The largest absolute Gasteiger partial charge is 0.387 e. The van der Waals surface area contributed by atoms with Gasteiger partial charge in [-0.3, -0.25) is 4.79 Å². The molecule has 1 aromatic rings. The van der Waals surface area contributed by atoms with Gasteiger partial charge < -0.3 is 10.4 Å². The summed E-state index contributed by atoms with van der Waals surface area (Å²) in [7, 11) is 0. The van der Waals surface area contributed by atoms with Gasteiger partial charge in [0.05, 0.1) is 6.04 Å². The van der Waals surface area contributed by atoms with E-state index in [-0.39, 0.29) is 6.42 Å². The van der Waals surface area contributed by atoms with Crippen molar-refractivity contribution in [2.24, 2.45) is 0 Å². The predicted octanol–water partition coefficient (Wildman–Crippen LogP) is 0.732. The molecule has 1 aliphatic rings. The summed E-state index contributed by atoms with van der Waals surface area (Å²) >= 11 is 0. The van der Waals surface area contributed by atoms with E-state index in [0.29, 0.717) is 5.56 Å².